The molecule has 0 saturated heterocycles. The highest BCUT2D eigenvalue weighted by Crippen LogP contribution is 2.09. The zero-order chi connectivity index (χ0) is 11.7. The predicted octanol–water partition coefficient (Wildman–Crippen LogP) is 0.913. The lowest BCUT2D eigenvalue weighted by Gasteiger charge is -2.04. The summed E-state index contributed by atoms with van der Waals surface area (Å²) in [6.45, 7) is 3.89. The van der Waals surface area contributed by atoms with Gasteiger partial charge in [0.15, 0.2) is 0 Å². The average molecular weight is 233 g/mol. The van der Waals surface area contributed by atoms with Gasteiger partial charge >= 0.3 is 0 Å². The largest absolute Gasteiger partial charge is 0.388 e. The first kappa shape index (κ1) is 10.7. The second-order valence-electron chi connectivity index (χ2n) is 3.39. The molecule has 16 heavy (non-hydrogen) atoms. The first-order valence-corrected chi connectivity index (χ1v) is 5.14. The van der Waals surface area contributed by atoms with E-state index in [1.165, 1.54) is 0 Å². The van der Waals surface area contributed by atoms with Gasteiger partial charge in [-0.25, -0.2) is 15.0 Å². The summed E-state index contributed by atoms with van der Waals surface area (Å²) < 4.78 is 1.80. The summed E-state index contributed by atoms with van der Waals surface area (Å²) in [5, 5.41) is 0. The molecular formula is C10H11N5S. The molecule has 2 N–H and O–H groups in total. The van der Waals surface area contributed by atoms with Crippen LogP contribution in [0.4, 0.5) is 0 Å². The second-order valence-corrected chi connectivity index (χ2v) is 3.83. The van der Waals surface area contributed by atoms with Crippen LogP contribution in [0.5, 0.6) is 0 Å². The molecule has 0 saturated carbocycles. The molecule has 0 aliphatic carbocycles. The molecule has 0 fully saturated rings. The molecule has 0 spiro atoms. The van der Waals surface area contributed by atoms with Crippen molar-refractivity contribution >= 4 is 17.2 Å². The van der Waals surface area contributed by atoms with E-state index in [-0.39, 0.29) is 4.99 Å². The fraction of sp³-hybridized carbons (Fsp3) is 0.200. The molecule has 0 aromatic carbocycles. The fourth-order valence-corrected chi connectivity index (χ4v) is 1.42. The number of nitrogens with zero attached hydrogens (tertiary/aromatic N) is 4. The van der Waals surface area contributed by atoms with Crippen LogP contribution in [0, 0.1) is 13.8 Å². The average Bonchev–Trinajstić information content (AvgIpc) is 2.60. The van der Waals surface area contributed by atoms with E-state index in [2.05, 4.69) is 15.0 Å². The number of hydrogen-bond donors (Lipinski definition) is 1. The highest BCUT2D eigenvalue weighted by molar-refractivity contribution is 7.80. The summed E-state index contributed by atoms with van der Waals surface area (Å²) >= 11 is 4.87. The van der Waals surface area contributed by atoms with Crippen molar-refractivity contribution in [3.63, 3.8) is 0 Å². The van der Waals surface area contributed by atoms with E-state index in [1.54, 1.807) is 23.2 Å². The maximum Gasteiger partial charge on any atom is 0.235 e. The Morgan fingerprint density at radius 2 is 2.12 bits per heavy atom. The third kappa shape index (κ3) is 1.79. The van der Waals surface area contributed by atoms with Crippen molar-refractivity contribution in [2.24, 2.45) is 5.73 Å². The lowest BCUT2D eigenvalue weighted by atomic mass is 10.4. The van der Waals surface area contributed by atoms with Gasteiger partial charge in [-0.3, -0.25) is 4.57 Å². The molecule has 0 atom stereocenters. The summed E-state index contributed by atoms with van der Waals surface area (Å²) in [6, 6.07) is 1.69. The summed E-state index contributed by atoms with van der Waals surface area (Å²) in [6.07, 6.45) is 3.31. The van der Waals surface area contributed by atoms with Gasteiger partial charge in [0.05, 0.1) is 5.69 Å². The number of aryl methyl sites for hydroxylation is 1. The summed E-state index contributed by atoms with van der Waals surface area (Å²) in [7, 11) is 0. The zero-order valence-electron chi connectivity index (χ0n) is 9.01. The van der Waals surface area contributed by atoms with E-state index in [4.69, 9.17) is 18.0 Å². The Bertz CT molecular complexity index is 546. The van der Waals surface area contributed by atoms with E-state index >= 15 is 0 Å². The number of thiocarbonyl (C=S) groups is 1. The SMILES string of the molecule is Cc1ncn(-c2nccc(C(N)=S)n2)c1C. The van der Waals surface area contributed by atoms with Crippen LogP contribution in [-0.2, 0) is 0 Å². The van der Waals surface area contributed by atoms with Crippen LogP contribution in [0.25, 0.3) is 5.95 Å². The van der Waals surface area contributed by atoms with E-state index in [1.807, 2.05) is 13.8 Å². The normalized spacial score (nSPS) is 10.4. The monoisotopic (exact) mass is 233 g/mol. The molecule has 0 aliphatic rings. The number of rotatable bonds is 2. The van der Waals surface area contributed by atoms with Gasteiger partial charge < -0.3 is 5.73 Å². The Hall–Kier alpha value is -1.82. The van der Waals surface area contributed by atoms with Gasteiger partial charge in [0, 0.05) is 11.9 Å². The van der Waals surface area contributed by atoms with Gasteiger partial charge in [-0.15, -0.1) is 0 Å². The molecule has 2 aromatic heterocycles. The van der Waals surface area contributed by atoms with Gasteiger partial charge in [-0.05, 0) is 19.9 Å². The summed E-state index contributed by atoms with van der Waals surface area (Å²) in [4.78, 5) is 12.9. The van der Waals surface area contributed by atoms with Crippen molar-refractivity contribution in [3.05, 3.63) is 35.7 Å². The highest BCUT2D eigenvalue weighted by Gasteiger charge is 2.08. The van der Waals surface area contributed by atoms with Crippen molar-refractivity contribution in [2.45, 2.75) is 13.8 Å². The number of nitrogens with two attached hydrogens (primary N) is 1. The minimum absolute atomic E-state index is 0.262. The lowest BCUT2D eigenvalue weighted by molar-refractivity contribution is 0.891. The lowest BCUT2D eigenvalue weighted by Crippen LogP contribution is -2.14. The van der Waals surface area contributed by atoms with Crippen LogP contribution in [-0.4, -0.2) is 24.5 Å². The molecular weight excluding hydrogens is 222 g/mol. The first-order valence-electron chi connectivity index (χ1n) is 4.73. The molecule has 2 aromatic rings. The fourth-order valence-electron chi connectivity index (χ4n) is 1.30. The topological polar surface area (TPSA) is 69.6 Å². The third-order valence-electron chi connectivity index (χ3n) is 2.36. The Kier molecular flexibility index (Phi) is 2.66. The van der Waals surface area contributed by atoms with Gasteiger partial charge in [-0.2, -0.15) is 0 Å². The van der Waals surface area contributed by atoms with Crippen molar-refractivity contribution < 1.29 is 0 Å². The number of hydrogen-bond acceptors (Lipinski definition) is 4. The molecule has 2 rings (SSSR count). The van der Waals surface area contributed by atoms with Gasteiger partial charge in [0.25, 0.3) is 0 Å². The maximum atomic E-state index is 5.52. The minimum atomic E-state index is 0.262. The van der Waals surface area contributed by atoms with E-state index in [0.717, 1.165) is 11.4 Å². The van der Waals surface area contributed by atoms with Gasteiger partial charge in [0.2, 0.25) is 5.95 Å². The van der Waals surface area contributed by atoms with Crippen molar-refractivity contribution in [2.75, 3.05) is 0 Å². The van der Waals surface area contributed by atoms with Gasteiger partial charge in [-0.1, -0.05) is 12.2 Å². The Labute approximate surface area is 98.4 Å². The first-order chi connectivity index (χ1) is 7.59. The molecule has 5 nitrogen and oxygen atoms in total. The molecule has 0 aliphatic heterocycles. The van der Waals surface area contributed by atoms with Crippen molar-refractivity contribution in [1.82, 2.24) is 19.5 Å². The second kappa shape index (κ2) is 3.97. The summed E-state index contributed by atoms with van der Waals surface area (Å²) in [5.74, 6) is 0.531. The molecule has 0 radical (unpaired) electrons. The molecule has 6 heteroatoms. The zero-order valence-corrected chi connectivity index (χ0v) is 9.82. The Balaban J connectivity index is 2.52. The van der Waals surface area contributed by atoms with E-state index in [0.29, 0.717) is 11.6 Å². The highest BCUT2D eigenvalue weighted by atomic mass is 32.1. The van der Waals surface area contributed by atoms with Crippen LogP contribution >= 0.6 is 12.2 Å². The Morgan fingerprint density at radius 1 is 1.38 bits per heavy atom. The van der Waals surface area contributed by atoms with E-state index < -0.39 is 0 Å². The molecule has 2 heterocycles. The standard InChI is InChI=1S/C10H11N5S/c1-6-7(2)15(5-13-6)10-12-4-3-8(14-10)9(11)16/h3-5H,1-2H3,(H2,11,16). The van der Waals surface area contributed by atoms with Crippen molar-refractivity contribution in [1.29, 1.82) is 0 Å². The smallest absolute Gasteiger partial charge is 0.235 e. The molecule has 82 valence electrons. The predicted molar refractivity (Wildman–Crippen MR) is 64.5 cm³/mol. The minimum Gasteiger partial charge on any atom is -0.388 e. The van der Waals surface area contributed by atoms with Crippen LogP contribution < -0.4 is 5.73 Å². The van der Waals surface area contributed by atoms with Crippen LogP contribution in [0.3, 0.4) is 0 Å². The third-order valence-corrected chi connectivity index (χ3v) is 2.57. The number of imidazole rings is 1. The molecule has 0 unspecified atom stereocenters. The van der Waals surface area contributed by atoms with Crippen molar-refractivity contribution in [3.8, 4) is 5.95 Å². The van der Waals surface area contributed by atoms with E-state index in [9.17, 15) is 0 Å². The quantitative estimate of drug-likeness (QED) is 0.781. The van der Waals surface area contributed by atoms with Crippen LogP contribution in [0.2, 0.25) is 0 Å². The van der Waals surface area contributed by atoms with Crippen LogP contribution in [0.15, 0.2) is 18.6 Å². The molecule has 0 bridgehead atoms. The molecule has 0 amide bonds. The van der Waals surface area contributed by atoms with Crippen LogP contribution in [0.1, 0.15) is 17.1 Å². The summed E-state index contributed by atoms with van der Waals surface area (Å²) in [5.41, 5.74) is 8.03. The van der Waals surface area contributed by atoms with Gasteiger partial charge in [0.1, 0.15) is 17.0 Å². The Morgan fingerprint density at radius 3 is 2.69 bits per heavy atom. The number of aromatic nitrogens is 4. The maximum absolute atomic E-state index is 5.52.